The van der Waals surface area contributed by atoms with Crippen molar-refractivity contribution in [3.05, 3.63) is 29.8 Å². The van der Waals surface area contributed by atoms with Crippen LogP contribution in [0.25, 0.3) is 0 Å². The van der Waals surface area contributed by atoms with Gasteiger partial charge >= 0.3 is 0 Å². The van der Waals surface area contributed by atoms with Crippen LogP contribution in [0.5, 0.6) is 5.75 Å². The van der Waals surface area contributed by atoms with Crippen LogP contribution in [-0.4, -0.2) is 30.3 Å². The normalized spacial score (nSPS) is 12.8. The van der Waals surface area contributed by atoms with Gasteiger partial charge in [0, 0.05) is 12.1 Å². The van der Waals surface area contributed by atoms with Crippen molar-refractivity contribution in [3.63, 3.8) is 0 Å². The maximum absolute atomic E-state index is 11.9. The Morgan fingerprint density at radius 2 is 1.90 bits per heavy atom. The first kappa shape index (κ1) is 16.5. The summed E-state index contributed by atoms with van der Waals surface area (Å²) in [5.41, 5.74) is 0.611. The van der Waals surface area contributed by atoms with Gasteiger partial charge in [-0.1, -0.05) is 20.8 Å². The number of benzene rings is 1. The zero-order valence-corrected chi connectivity index (χ0v) is 12.8. The lowest BCUT2D eigenvalue weighted by Gasteiger charge is -2.22. The lowest BCUT2D eigenvalue weighted by molar-refractivity contribution is 0.0868. The number of rotatable bonds is 6. The second kappa shape index (κ2) is 7.29. The van der Waals surface area contributed by atoms with Gasteiger partial charge in [-0.2, -0.15) is 0 Å². The third-order valence-electron chi connectivity index (χ3n) is 2.77. The highest BCUT2D eigenvalue weighted by molar-refractivity contribution is 5.94. The summed E-state index contributed by atoms with van der Waals surface area (Å²) in [5.74, 6) is 0.567. The van der Waals surface area contributed by atoms with Crippen LogP contribution in [-0.2, 0) is 0 Å². The molecule has 1 atom stereocenters. The molecule has 4 nitrogen and oxygen atoms in total. The fourth-order valence-corrected chi connectivity index (χ4v) is 1.96. The molecular formula is C16H25NO3. The molecular weight excluding hydrogens is 254 g/mol. The molecule has 0 radical (unpaired) electrons. The minimum absolute atomic E-state index is 0.0449. The van der Waals surface area contributed by atoms with Crippen molar-refractivity contribution in [2.24, 2.45) is 5.41 Å². The standard InChI is InChI=1S/C16H25NO3/c1-5-20-14-8-6-12(7-9-14)15(19)17-11-13(18)10-16(2,3)4/h6-9,13,18H,5,10-11H2,1-4H3,(H,17,19). The molecule has 1 unspecified atom stereocenters. The number of hydrogen-bond donors (Lipinski definition) is 2. The summed E-state index contributed by atoms with van der Waals surface area (Å²) in [4.78, 5) is 11.9. The quantitative estimate of drug-likeness (QED) is 0.841. The molecule has 0 fully saturated rings. The van der Waals surface area contributed by atoms with Gasteiger partial charge in [-0.15, -0.1) is 0 Å². The first-order valence-corrected chi connectivity index (χ1v) is 7.01. The fraction of sp³-hybridized carbons (Fsp3) is 0.562. The van der Waals surface area contributed by atoms with Gasteiger partial charge in [0.25, 0.3) is 5.91 Å². The molecule has 0 saturated carbocycles. The minimum atomic E-state index is -0.526. The molecule has 2 N–H and O–H groups in total. The van der Waals surface area contributed by atoms with Crippen LogP contribution < -0.4 is 10.1 Å². The van der Waals surface area contributed by atoms with E-state index in [-0.39, 0.29) is 17.9 Å². The van der Waals surface area contributed by atoms with Crippen molar-refractivity contribution in [2.75, 3.05) is 13.2 Å². The fourth-order valence-electron chi connectivity index (χ4n) is 1.96. The van der Waals surface area contributed by atoms with Crippen LogP contribution in [0.3, 0.4) is 0 Å². The molecule has 0 heterocycles. The van der Waals surface area contributed by atoms with E-state index in [0.29, 0.717) is 18.6 Å². The van der Waals surface area contributed by atoms with Crippen LogP contribution in [0.4, 0.5) is 0 Å². The van der Waals surface area contributed by atoms with Crippen molar-refractivity contribution in [1.82, 2.24) is 5.32 Å². The van der Waals surface area contributed by atoms with Gasteiger partial charge in [-0.25, -0.2) is 0 Å². The van der Waals surface area contributed by atoms with Gasteiger partial charge in [-0.3, -0.25) is 4.79 Å². The third kappa shape index (κ3) is 6.06. The number of aliphatic hydroxyl groups is 1. The van der Waals surface area contributed by atoms with Crippen LogP contribution in [0.15, 0.2) is 24.3 Å². The molecule has 0 bridgehead atoms. The summed E-state index contributed by atoms with van der Waals surface area (Å²) < 4.78 is 5.32. The van der Waals surface area contributed by atoms with Crippen LogP contribution in [0, 0.1) is 5.41 Å². The average Bonchev–Trinajstić information content (AvgIpc) is 2.35. The van der Waals surface area contributed by atoms with Crippen molar-refractivity contribution in [3.8, 4) is 5.75 Å². The molecule has 4 heteroatoms. The van der Waals surface area contributed by atoms with Crippen LogP contribution >= 0.6 is 0 Å². The highest BCUT2D eigenvalue weighted by Crippen LogP contribution is 2.20. The molecule has 0 aromatic heterocycles. The van der Waals surface area contributed by atoms with Gasteiger partial charge < -0.3 is 15.2 Å². The van der Waals surface area contributed by atoms with Crippen molar-refractivity contribution in [2.45, 2.75) is 40.2 Å². The summed E-state index contributed by atoms with van der Waals surface area (Å²) >= 11 is 0. The van der Waals surface area contributed by atoms with Gasteiger partial charge in [0.05, 0.1) is 12.7 Å². The van der Waals surface area contributed by atoms with E-state index in [0.717, 1.165) is 5.75 Å². The number of nitrogens with one attached hydrogen (secondary N) is 1. The molecule has 0 aliphatic heterocycles. The van der Waals surface area contributed by atoms with E-state index in [4.69, 9.17) is 4.74 Å². The number of carbonyl (C=O) groups is 1. The number of ether oxygens (including phenoxy) is 1. The Morgan fingerprint density at radius 3 is 2.40 bits per heavy atom. The molecule has 0 aliphatic rings. The largest absolute Gasteiger partial charge is 0.494 e. The Balaban J connectivity index is 2.46. The topological polar surface area (TPSA) is 58.6 Å². The number of carbonyl (C=O) groups excluding carboxylic acids is 1. The van der Waals surface area contributed by atoms with E-state index < -0.39 is 6.10 Å². The number of aliphatic hydroxyl groups excluding tert-OH is 1. The molecule has 1 aromatic rings. The number of hydrogen-bond acceptors (Lipinski definition) is 3. The first-order valence-electron chi connectivity index (χ1n) is 7.01. The van der Waals surface area contributed by atoms with E-state index in [1.54, 1.807) is 24.3 Å². The average molecular weight is 279 g/mol. The van der Waals surface area contributed by atoms with E-state index in [1.807, 2.05) is 6.92 Å². The second-order valence-electron chi connectivity index (χ2n) is 6.09. The van der Waals surface area contributed by atoms with Gasteiger partial charge in [0.1, 0.15) is 5.75 Å². The van der Waals surface area contributed by atoms with Crippen molar-refractivity contribution in [1.29, 1.82) is 0 Å². The van der Waals surface area contributed by atoms with E-state index >= 15 is 0 Å². The van der Waals surface area contributed by atoms with Crippen molar-refractivity contribution < 1.29 is 14.6 Å². The smallest absolute Gasteiger partial charge is 0.251 e. The van der Waals surface area contributed by atoms with Crippen LogP contribution in [0.1, 0.15) is 44.5 Å². The zero-order valence-electron chi connectivity index (χ0n) is 12.8. The minimum Gasteiger partial charge on any atom is -0.494 e. The maximum atomic E-state index is 11.9. The summed E-state index contributed by atoms with van der Waals surface area (Å²) in [7, 11) is 0. The summed E-state index contributed by atoms with van der Waals surface area (Å²) in [6.07, 6.45) is 0.123. The Labute approximate surface area is 121 Å². The third-order valence-corrected chi connectivity index (χ3v) is 2.77. The van der Waals surface area contributed by atoms with Crippen LogP contribution in [0.2, 0.25) is 0 Å². The molecule has 0 aliphatic carbocycles. The first-order chi connectivity index (χ1) is 9.31. The summed E-state index contributed by atoms with van der Waals surface area (Å²) in [5, 5.41) is 12.6. The zero-order chi connectivity index (χ0) is 15.2. The van der Waals surface area contributed by atoms with E-state index in [2.05, 4.69) is 26.1 Å². The lowest BCUT2D eigenvalue weighted by atomic mass is 9.89. The Kier molecular flexibility index (Phi) is 6.02. The Bertz CT molecular complexity index is 420. The second-order valence-corrected chi connectivity index (χ2v) is 6.09. The Hall–Kier alpha value is -1.55. The van der Waals surface area contributed by atoms with E-state index in [9.17, 15) is 9.90 Å². The molecule has 0 spiro atoms. The highest BCUT2D eigenvalue weighted by atomic mass is 16.5. The maximum Gasteiger partial charge on any atom is 0.251 e. The van der Waals surface area contributed by atoms with Crippen molar-refractivity contribution >= 4 is 5.91 Å². The lowest BCUT2D eigenvalue weighted by Crippen LogP contribution is -2.34. The number of amides is 1. The summed E-state index contributed by atoms with van der Waals surface area (Å²) in [6.45, 7) is 8.96. The molecule has 1 aromatic carbocycles. The predicted octanol–water partition coefficient (Wildman–Crippen LogP) is 2.61. The Morgan fingerprint density at radius 1 is 1.30 bits per heavy atom. The SMILES string of the molecule is CCOc1ccc(C(=O)NCC(O)CC(C)(C)C)cc1. The van der Waals surface area contributed by atoms with Gasteiger partial charge in [0.15, 0.2) is 0 Å². The van der Waals surface area contributed by atoms with Gasteiger partial charge in [0.2, 0.25) is 0 Å². The molecule has 20 heavy (non-hydrogen) atoms. The summed E-state index contributed by atoms with van der Waals surface area (Å²) in [6, 6.07) is 6.97. The molecule has 1 rings (SSSR count). The van der Waals surface area contributed by atoms with Gasteiger partial charge in [-0.05, 0) is 43.0 Å². The van der Waals surface area contributed by atoms with E-state index in [1.165, 1.54) is 0 Å². The monoisotopic (exact) mass is 279 g/mol. The highest BCUT2D eigenvalue weighted by Gasteiger charge is 2.17. The molecule has 1 amide bonds. The molecule has 0 saturated heterocycles. The molecule has 112 valence electrons. The predicted molar refractivity (Wildman–Crippen MR) is 80.0 cm³/mol.